The molecule has 0 amide bonds. The van der Waals surface area contributed by atoms with Crippen LogP contribution in [0.1, 0.15) is 18.4 Å². The molecule has 1 fully saturated rings. The third kappa shape index (κ3) is 5.21. The van der Waals surface area contributed by atoms with Gasteiger partial charge in [0.1, 0.15) is 36.6 Å². The molecule has 150 valence electrons. The second kappa shape index (κ2) is 9.03. The Morgan fingerprint density at radius 2 is 1.86 bits per heavy atom. The van der Waals surface area contributed by atoms with Gasteiger partial charge < -0.3 is 24.4 Å². The van der Waals surface area contributed by atoms with E-state index in [2.05, 4.69) is 0 Å². The summed E-state index contributed by atoms with van der Waals surface area (Å²) in [4.78, 5) is 11.6. The summed E-state index contributed by atoms with van der Waals surface area (Å²) in [6.45, 7) is 0.454. The van der Waals surface area contributed by atoms with E-state index in [9.17, 15) is 19.4 Å². The number of carboxylic acids is 1. The normalized spacial score (nSPS) is 19.9. The maximum absolute atomic E-state index is 12.9. The lowest BCUT2D eigenvalue weighted by molar-refractivity contribution is -0.159. The third-order valence-electron chi connectivity index (χ3n) is 4.58. The lowest BCUT2D eigenvalue weighted by Gasteiger charge is -2.23. The van der Waals surface area contributed by atoms with Gasteiger partial charge in [0.05, 0.1) is 0 Å². The SMILES string of the molecule is O=C(O)C1(Cc2cccc(OCC(O)COc3ccc(F)cc3)c2)CCCO1. The molecular formula is C21H23FO6. The molecule has 0 radical (unpaired) electrons. The van der Waals surface area contributed by atoms with Crippen LogP contribution in [-0.2, 0) is 16.0 Å². The molecule has 1 heterocycles. The number of hydrogen-bond acceptors (Lipinski definition) is 5. The van der Waals surface area contributed by atoms with Crippen LogP contribution < -0.4 is 9.47 Å². The van der Waals surface area contributed by atoms with Crippen LogP contribution >= 0.6 is 0 Å². The molecule has 0 saturated carbocycles. The molecule has 7 heteroatoms. The highest BCUT2D eigenvalue weighted by Crippen LogP contribution is 2.31. The monoisotopic (exact) mass is 390 g/mol. The van der Waals surface area contributed by atoms with Crippen LogP contribution in [0, 0.1) is 5.82 Å². The molecule has 28 heavy (non-hydrogen) atoms. The first-order valence-corrected chi connectivity index (χ1v) is 9.12. The molecule has 2 N–H and O–H groups in total. The molecule has 0 aliphatic carbocycles. The van der Waals surface area contributed by atoms with E-state index < -0.39 is 17.7 Å². The summed E-state index contributed by atoms with van der Waals surface area (Å²) in [6.07, 6.45) is 0.586. The number of ether oxygens (including phenoxy) is 3. The van der Waals surface area contributed by atoms with Gasteiger partial charge in [-0.15, -0.1) is 0 Å². The number of aliphatic hydroxyl groups is 1. The molecule has 0 bridgehead atoms. The van der Waals surface area contributed by atoms with Crippen molar-refractivity contribution < 1.29 is 33.6 Å². The Morgan fingerprint density at radius 3 is 2.50 bits per heavy atom. The fraction of sp³-hybridized carbons (Fsp3) is 0.381. The van der Waals surface area contributed by atoms with Crippen molar-refractivity contribution in [3.05, 3.63) is 59.9 Å². The van der Waals surface area contributed by atoms with E-state index in [1.54, 1.807) is 18.2 Å². The standard InChI is InChI=1S/C21H23FO6/c22-16-5-7-18(8-6-16)26-13-17(23)14-27-19-4-1-3-15(11-19)12-21(20(24)25)9-2-10-28-21/h1,3-8,11,17,23H,2,9-10,12-14H2,(H,24,25). The number of carboxylic acid groups (broad SMARTS) is 1. The van der Waals surface area contributed by atoms with Crippen LogP contribution in [0.2, 0.25) is 0 Å². The topological polar surface area (TPSA) is 85.2 Å². The van der Waals surface area contributed by atoms with Gasteiger partial charge in [-0.2, -0.15) is 0 Å². The summed E-state index contributed by atoms with van der Waals surface area (Å²) in [5.41, 5.74) is -0.389. The first kappa shape index (κ1) is 20.1. The first-order chi connectivity index (χ1) is 13.5. The second-order valence-corrected chi connectivity index (χ2v) is 6.81. The fourth-order valence-corrected chi connectivity index (χ4v) is 3.12. The predicted molar refractivity (Wildman–Crippen MR) is 99.1 cm³/mol. The van der Waals surface area contributed by atoms with Crippen molar-refractivity contribution in [2.24, 2.45) is 0 Å². The molecule has 6 nitrogen and oxygen atoms in total. The zero-order valence-electron chi connectivity index (χ0n) is 15.3. The molecule has 2 unspecified atom stereocenters. The van der Waals surface area contributed by atoms with Crippen LogP contribution in [0.3, 0.4) is 0 Å². The molecule has 1 aliphatic rings. The zero-order valence-corrected chi connectivity index (χ0v) is 15.3. The molecule has 2 atom stereocenters. The van der Waals surface area contributed by atoms with E-state index in [1.165, 1.54) is 24.3 Å². The first-order valence-electron chi connectivity index (χ1n) is 9.12. The summed E-state index contributed by atoms with van der Waals surface area (Å²) >= 11 is 0. The van der Waals surface area contributed by atoms with Crippen molar-refractivity contribution in [3.8, 4) is 11.5 Å². The minimum Gasteiger partial charge on any atom is -0.491 e. The predicted octanol–water partition coefficient (Wildman–Crippen LogP) is 2.82. The molecule has 2 aromatic rings. The summed E-state index contributed by atoms with van der Waals surface area (Å²) in [5.74, 6) is -0.330. The average Bonchev–Trinajstić information content (AvgIpc) is 3.16. The Kier molecular flexibility index (Phi) is 6.49. The third-order valence-corrected chi connectivity index (χ3v) is 4.58. The van der Waals surface area contributed by atoms with E-state index >= 15 is 0 Å². The Labute approximate surface area is 162 Å². The van der Waals surface area contributed by atoms with Gasteiger partial charge in [-0.25, -0.2) is 9.18 Å². The van der Waals surface area contributed by atoms with E-state index in [-0.39, 0.29) is 25.5 Å². The average molecular weight is 390 g/mol. The van der Waals surface area contributed by atoms with Crippen molar-refractivity contribution in [1.29, 1.82) is 0 Å². The summed E-state index contributed by atoms with van der Waals surface area (Å²) in [6, 6.07) is 12.6. The summed E-state index contributed by atoms with van der Waals surface area (Å²) in [5, 5.41) is 19.5. The molecule has 1 saturated heterocycles. The van der Waals surface area contributed by atoms with Gasteiger partial charge in [0.15, 0.2) is 5.60 Å². The highest BCUT2D eigenvalue weighted by Gasteiger charge is 2.42. The summed E-state index contributed by atoms with van der Waals surface area (Å²) in [7, 11) is 0. The molecule has 1 aliphatic heterocycles. The zero-order chi connectivity index (χ0) is 20.0. The van der Waals surface area contributed by atoms with Crippen molar-refractivity contribution in [3.63, 3.8) is 0 Å². The molecule has 0 spiro atoms. The molecular weight excluding hydrogens is 367 g/mol. The number of rotatable bonds is 9. The minimum atomic E-state index is -1.18. The highest BCUT2D eigenvalue weighted by molar-refractivity contribution is 5.78. The number of carbonyl (C=O) groups is 1. The Bertz CT molecular complexity index is 786. The largest absolute Gasteiger partial charge is 0.491 e. The number of aliphatic carboxylic acids is 1. The van der Waals surface area contributed by atoms with Crippen molar-refractivity contribution in [2.75, 3.05) is 19.8 Å². The van der Waals surface area contributed by atoms with Crippen molar-refractivity contribution >= 4 is 5.97 Å². The van der Waals surface area contributed by atoms with E-state index in [1.807, 2.05) is 6.07 Å². The van der Waals surface area contributed by atoms with Crippen LogP contribution in [0.25, 0.3) is 0 Å². The van der Waals surface area contributed by atoms with Gasteiger partial charge in [0.25, 0.3) is 0 Å². The smallest absolute Gasteiger partial charge is 0.336 e. The lowest BCUT2D eigenvalue weighted by atomic mass is 9.91. The van der Waals surface area contributed by atoms with Gasteiger partial charge in [-0.1, -0.05) is 12.1 Å². The minimum absolute atomic E-state index is 0.00128. The molecule has 3 rings (SSSR count). The quantitative estimate of drug-likeness (QED) is 0.685. The van der Waals surface area contributed by atoms with Gasteiger partial charge >= 0.3 is 5.97 Å². The maximum Gasteiger partial charge on any atom is 0.336 e. The van der Waals surface area contributed by atoms with E-state index in [4.69, 9.17) is 14.2 Å². The number of aliphatic hydroxyl groups excluding tert-OH is 1. The Hall–Kier alpha value is -2.64. The number of benzene rings is 2. The van der Waals surface area contributed by atoms with Gasteiger partial charge in [0.2, 0.25) is 0 Å². The fourth-order valence-electron chi connectivity index (χ4n) is 3.12. The van der Waals surface area contributed by atoms with Crippen LogP contribution in [0.15, 0.2) is 48.5 Å². The maximum atomic E-state index is 12.9. The van der Waals surface area contributed by atoms with Crippen molar-refractivity contribution in [2.45, 2.75) is 31.0 Å². The van der Waals surface area contributed by atoms with Crippen LogP contribution in [0.4, 0.5) is 4.39 Å². The van der Waals surface area contributed by atoms with Gasteiger partial charge in [-0.3, -0.25) is 0 Å². The van der Waals surface area contributed by atoms with Gasteiger partial charge in [-0.05, 0) is 54.8 Å². The van der Waals surface area contributed by atoms with Crippen LogP contribution in [-0.4, -0.2) is 47.7 Å². The lowest BCUT2D eigenvalue weighted by Crippen LogP contribution is -2.40. The molecule has 0 aromatic heterocycles. The highest BCUT2D eigenvalue weighted by atomic mass is 19.1. The number of halogens is 1. The number of hydrogen-bond donors (Lipinski definition) is 2. The second-order valence-electron chi connectivity index (χ2n) is 6.81. The molecule has 2 aromatic carbocycles. The van der Waals surface area contributed by atoms with E-state index in [0.29, 0.717) is 24.5 Å². The Balaban J connectivity index is 1.51. The Morgan fingerprint density at radius 1 is 1.14 bits per heavy atom. The van der Waals surface area contributed by atoms with E-state index in [0.717, 1.165) is 12.0 Å². The van der Waals surface area contributed by atoms with Crippen LogP contribution in [0.5, 0.6) is 11.5 Å². The summed E-state index contributed by atoms with van der Waals surface area (Å²) < 4.78 is 29.3. The van der Waals surface area contributed by atoms with Crippen molar-refractivity contribution in [1.82, 2.24) is 0 Å². The van der Waals surface area contributed by atoms with Gasteiger partial charge in [0, 0.05) is 13.0 Å².